The van der Waals surface area contributed by atoms with Gasteiger partial charge in [0.1, 0.15) is 5.03 Å². The summed E-state index contributed by atoms with van der Waals surface area (Å²) in [6, 6.07) is 9.78. The van der Waals surface area contributed by atoms with Crippen LogP contribution in [-0.2, 0) is 0 Å². The first-order valence-corrected chi connectivity index (χ1v) is 7.43. The number of nitrogens with one attached hydrogen (secondary N) is 1. The summed E-state index contributed by atoms with van der Waals surface area (Å²) in [7, 11) is 1.94. The van der Waals surface area contributed by atoms with Crippen molar-refractivity contribution >= 4 is 35.0 Å². The molecule has 19 heavy (non-hydrogen) atoms. The Morgan fingerprint density at radius 2 is 2.00 bits per heavy atom. The van der Waals surface area contributed by atoms with E-state index in [4.69, 9.17) is 23.2 Å². The standard InChI is InChI=1S/C14H14Cl2N2S/c1-9(17-2)10-5-6-18-14(7-10)19-13-8-11(15)3-4-12(13)16/h3-9,17H,1-2H3. The molecule has 1 aromatic heterocycles. The van der Waals surface area contributed by atoms with Crippen molar-refractivity contribution in [3.8, 4) is 0 Å². The van der Waals surface area contributed by atoms with Gasteiger partial charge in [-0.3, -0.25) is 0 Å². The molecule has 2 aromatic rings. The molecule has 5 heteroatoms. The SMILES string of the molecule is CNC(C)c1ccnc(Sc2cc(Cl)ccc2Cl)c1. The third kappa shape index (κ3) is 3.86. The van der Waals surface area contributed by atoms with Gasteiger partial charge in [0.15, 0.2) is 0 Å². The van der Waals surface area contributed by atoms with E-state index in [-0.39, 0.29) is 6.04 Å². The molecule has 1 aromatic carbocycles. The van der Waals surface area contributed by atoms with Gasteiger partial charge >= 0.3 is 0 Å². The van der Waals surface area contributed by atoms with E-state index in [1.807, 2.05) is 25.4 Å². The van der Waals surface area contributed by atoms with Gasteiger partial charge in [-0.15, -0.1) is 0 Å². The minimum Gasteiger partial charge on any atom is -0.313 e. The summed E-state index contributed by atoms with van der Waals surface area (Å²) in [5.74, 6) is 0. The van der Waals surface area contributed by atoms with Gasteiger partial charge in [0, 0.05) is 22.2 Å². The van der Waals surface area contributed by atoms with E-state index in [2.05, 4.69) is 23.3 Å². The van der Waals surface area contributed by atoms with E-state index in [1.54, 1.807) is 12.1 Å². The molecule has 100 valence electrons. The van der Waals surface area contributed by atoms with Crippen molar-refractivity contribution < 1.29 is 0 Å². The number of benzene rings is 1. The fourth-order valence-corrected chi connectivity index (χ4v) is 2.94. The van der Waals surface area contributed by atoms with Crippen molar-refractivity contribution in [2.75, 3.05) is 7.05 Å². The van der Waals surface area contributed by atoms with E-state index in [0.29, 0.717) is 10.0 Å². The lowest BCUT2D eigenvalue weighted by molar-refractivity contribution is 0.649. The number of rotatable bonds is 4. The van der Waals surface area contributed by atoms with Crippen molar-refractivity contribution in [1.29, 1.82) is 0 Å². The van der Waals surface area contributed by atoms with Crippen molar-refractivity contribution in [3.05, 3.63) is 52.1 Å². The van der Waals surface area contributed by atoms with Gasteiger partial charge in [-0.05, 0) is 49.9 Å². The van der Waals surface area contributed by atoms with Crippen LogP contribution in [0.3, 0.4) is 0 Å². The molecule has 1 N–H and O–H groups in total. The number of hydrogen-bond acceptors (Lipinski definition) is 3. The minimum atomic E-state index is 0.289. The molecule has 0 aliphatic rings. The van der Waals surface area contributed by atoms with E-state index >= 15 is 0 Å². The van der Waals surface area contributed by atoms with Crippen LogP contribution in [0, 0.1) is 0 Å². The molecule has 2 nitrogen and oxygen atoms in total. The van der Waals surface area contributed by atoms with E-state index < -0.39 is 0 Å². The second kappa shape index (κ2) is 6.62. The lowest BCUT2D eigenvalue weighted by Gasteiger charge is -2.11. The van der Waals surface area contributed by atoms with Crippen molar-refractivity contribution in [2.24, 2.45) is 0 Å². The van der Waals surface area contributed by atoms with Crippen LogP contribution >= 0.6 is 35.0 Å². The van der Waals surface area contributed by atoms with Crippen LogP contribution in [-0.4, -0.2) is 12.0 Å². The number of halogens is 2. The molecule has 0 spiro atoms. The fraction of sp³-hybridized carbons (Fsp3) is 0.214. The van der Waals surface area contributed by atoms with Crippen LogP contribution in [0.4, 0.5) is 0 Å². The first kappa shape index (κ1) is 14.7. The summed E-state index contributed by atoms with van der Waals surface area (Å²) in [5, 5.41) is 5.47. The molecule has 1 atom stereocenters. The molecular formula is C14H14Cl2N2S. The Morgan fingerprint density at radius 1 is 1.21 bits per heavy atom. The summed E-state index contributed by atoms with van der Waals surface area (Å²) in [6.07, 6.45) is 1.81. The zero-order valence-corrected chi connectivity index (χ0v) is 13.0. The molecule has 0 saturated carbocycles. The highest BCUT2D eigenvalue weighted by Gasteiger charge is 2.08. The molecule has 0 amide bonds. The third-order valence-corrected chi connectivity index (χ3v) is 4.47. The normalized spacial score (nSPS) is 12.4. The highest BCUT2D eigenvalue weighted by molar-refractivity contribution is 7.99. The van der Waals surface area contributed by atoms with Crippen molar-refractivity contribution in [3.63, 3.8) is 0 Å². The van der Waals surface area contributed by atoms with Crippen LogP contribution < -0.4 is 5.32 Å². The van der Waals surface area contributed by atoms with Crippen LogP contribution in [0.25, 0.3) is 0 Å². The summed E-state index contributed by atoms with van der Waals surface area (Å²) >= 11 is 13.7. The molecule has 2 rings (SSSR count). The van der Waals surface area contributed by atoms with E-state index in [1.165, 1.54) is 17.3 Å². The Hall–Kier alpha value is -0.740. The van der Waals surface area contributed by atoms with Gasteiger partial charge in [-0.25, -0.2) is 4.98 Å². The Labute approximate surface area is 127 Å². The van der Waals surface area contributed by atoms with Crippen LogP contribution in [0.5, 0.6) is 0 Å². The summed E-state index contributed by atoms with van der Waals surface area (Å²) < 4.78 is 0. The molecule has 1 unspecified atom stereocenters. The number of hydrogen-bond donors (Lipinski definition) is 1. The predicted molar refractivity (Wildman–Crippen MR) is 82.3 cm³/mol. The Morgan fingerprint density at radius 3 is 2.74 bits per heavy atom. The summed E-state index contributed by atoms with van der Waals surface area (Å²) in [6.45, 7) is 2.11. The summed E-state index contributed by atoms with van der Waals surface area (Å²) in [5.41, 5.74) is 1.19. The second-order valence-electron chi connectivity index (χ2n) is 4.11. The van der Waals surface area contributed by atoms with Gasteiger partial charge in [0.05, 0.1) is 5.02 Å². The highest BCUT2D eigenvalue weighted by Crippen LogP contribution is 2.34. The van der Waals surface area contributed by atoms with E-state index in [9.17, 15) is 0 Å². The lowest BCUT2D eigenvalue weighted by Crippen LogP contribution is -2.12. The minimum absolute atomic E-state index is 0.289. The smallest absolute Gasteiger partial charge is 0.101 e. The Kier molecular flexibility index (Phi) is 5.11. The van der Waals surface area contributed by atoms with Gasteiger partial charge in [-0.2, -0.15) is 0 Å². The quantitative estimate of drug-likeness (QED) is 0.876. The predicted octanol–water partition coefficient (Wildman–Crippen LogP) is 4.82. The molecule has 0 saturated heterocycles. The molecule has 1 heterocycles. The van der Waals surface area contributed by atoms with Crippen molar-refractivity contribution in [1.82, 2.24) is 10.3 Å². The maximum absolute atomic E-state index is 6.16. The maximum Gasteiger partial charge on any atom is 0.101 e. The Balaban J connectivity index is 2.26. The molecule has 0 radical (unpaired) electrons. The van der Waals surface area contributed by atoms with Gasteiger partial charge < -0.3 is 5.32 Å². The van der Waals surface area contributed by atoms with Crippen LogP contribution in [0.1, 0.15) is 18.5 Å². The average Bonchev–Trinajstić information content (AvgIpc) is 2.42. The van der Waals surface area contributed by atoms with Crippen LogP contribution in [0.2, 0.25) is 10.0 Å². The zero-order chi connectivity index (χ0) is 13.8. The molecule has 0 bridgehead atoms. The third-order valence-electron chi connectivity index (χ3n) is 2.80. The topological polar surface area (TPSA) is 24.9 Å². The average molecular weight is 313 g/mol. The first-order valence-electron chi connectivity index (χ1n) is 5.86. The maximum atomic E-state index is 6.16. The Bertz CT molecular complexity index is 575. The first-order chi connectivity index (χ1) is 9.10. The molecular weight excluding hydrogens is 299 g/mol. The number of aromatic nitrogens is 1. The van der Waals surface area contributed by atoms with Gasteiger partial charge in [0.25, 0.3) is 0 Å². The van der Waals surface area contributed by atoms with Crippen LogP contribution in [0.15, 0.2) is 46.5 Å². The van der Waals surface area contributed by atoms with Gasteiger partial charge in [-0.1, -0.05) is 35.0 Å². The zero-order valence-electron chi connectivity index (χ0n) is 10.7. The number of nitrogens with zero attached hydrogens (tertiary/aromatic N) is 1. The molecule has 0 aliphatic carbocycles. The monoisotopic (exact) mass is 312 g/mol. The van der Waals surface area contributed by atoms with Gasteiger partial charge in [0.2, 0.25) is 0 Å². The highest BCUT2D eigenvalue weighted by atomic mass is 35.5. The number of pyridine rings is 1. The fourth-order valence-electron chi connectivity index (χ4n) is 1.58. The molecule has 0 aliphatic heterocycles. The lowest BCUT2D eigenvalue weighted by atomic mass is 10.1. The second-order valence-corrected chi connectivity index (χ2v) is 6.02. The largest absolute Gasteiger partial charge is 0.313 e. The van der Waals surface area contributed by atoms with E-state index in [0.717, 1.165) is 9.92 Å². The summed E-state index contributed by atoms with van der Waals surface area (Å²) in [4.78, 5) is 5.27. The van der Waals surface area contributed by atoms with Crippen molar-refractivity contribution in [2.45, 2.75) is 22.9 Å². The molecule has 0 fully saturated rings.